The molecule has 0 saturated carbocycles. The van der Waals surface area contributed by atoms with Crippen molar-refractivity contribution in [3.05, 3.63) is 29.7 Å². The number of hydrogen-bond donors (Lipinski definition) is 1. The van der Waals surface area contributed by atoms with Gasteiger partial charge in [0.1, 0.15) is 5.82 Å². The minimum Gasteiger partial charge on any atom is -0.363 e. The lowest BCUT2D eigenvalue weighted by Gasteiger charge is -2.13. The smallest absolute Gasteiger partial charge is 0.148 e. The lowest BCUT2D eigenvalue weighted by atomic mass is 10.2. The molecule has 1 N–H and O–H groups in total. The summed E-state index contributed by atoms with van der Waals surface area (Å²) in [5, 5.41) is 12.1. The number of aromatic nitrogens is 4. The highest BCUT2D eigenvalue weighted by Crippen LogP contribution is 2.14. The topological polar surface area (TPSA) is 47.7 Å². The van der Waals surface area contributed by atoms with E-state index >= 15 is 0 Å². The zero-order valence-corrected chi connectivity index (χ0v) is 11.5. The predicted molar refractivity (Wildman–Crippen MR) is 72.5 cm³/mol. The standard InChI is InChI=1S/C13H21N5/c1-5-10(2)18-12(6-7-15-18)9-14-13-8-11(3)17(4)16-13/h6-8,10H,5,9H2,1-4H3,(H,14,16). The van der Waals surface area contributed by atoms with Crippen molar-refractivity contribution in [2.75, 3.05) is 5.32 Å². The third-order valence-electron chi connectivity index (χ3n) is 3.32. The number of nitrogens with one attached hydrogen (secondary N) is 1. The summed E-state index contributed by atoms with van der Waals surface area (Å²) in [5.74, 6) is 0.909. The fraction of sp³-hybridized carbons (Fsp3) is 0.538. The SMILES string of the molecule is CCC(C)n1nccc1CNc1cc(C)n(C)n1. The minimum absolute atomic E-state index is 0.433. The van der Waals surface area contributed by atoms with Crippen molar-refractivity contribution < 1.29 is 0 Å². The predicted octanol–water partition coefficient (Wildman–Crippen LogP) is 2.51. The molecule has 0 bridgehead atoms. The van der Waals surface area contributed by atoms with Crippen molar-refractivity contribution in [1.82, 2.24) is 19.6 Å². The van der Waals surface area contributed by atoms with Gasteiger partial charge in [-0.25, -0.2) is 0 Å². The molecule has 5 nitrogen and oxygen atoms in total. The van der Waals surface area contributed by atoms with Crippen LogP contribution in [0, 0.1) is 6.92 Å². The van der Waals surface area contributed by atoms with Gasteiger partial charge in [0.25, 0.3) is 0 Å². The van der Waals surface area contributed by atoms with Crippen LogP contribution in [0.25, 0.3) is 0 Å². The molecule has 5 heteroatoms. The Morgan fingerprint density at radius 1 is 1.44 bits per heavy atom. The second-order valence-corrected chi connectivity index (χ2v) is 4.67. The quantitative estimate of drug-likeness (QED) is 0.883. The highest BCUT2D eigenvalue weighted by Gasteiger charge is 2.08. The maximum absolute atomic E-state index is 4.38. The summed E-state index contributed by atoms with van der Waals surface area (Å²) in [6.07, 6.45) is 2.93. The van der Waals surface area contributed by atoms with Crippen molar-refractivity contribution in [3.8, 4) is 0 Å². The molecule has 98 valence electrons. The van der Waals surface area contributed by atoms with Crippen molar-refractivity contribution in [2.45, 2.75) is 39.8 Å². The Labute approximate surface area is 108 Å². The van der Waals surface area contributed by atoms with E-state index < -0.39 is 0 Å². The molecule has 2 rings (SSSR count). The van der Waals surface area contributed by atoms with E-state index in [9.17, 15) is 0 Å². The van der Waals surface area contributed by atoms with E-state index in [1.165, 1.54) is 5.69 Å². The fourth-order valence-corrected chi connectivity index (χ4v) is 1.88. The van der Waals surface area contributed by atoms with Crippen LogP contribution in [0.5, 0.6) is 0 Å². The Morgan fingerprint density at radius 2 is 2.22 bits per heavy atom. The van der Waals surface area contributed by atoms with E-state index in [2.05, 4.69) is 40.1 Å². The number of hydrogen-bond acceptors (Lipinski definition) is 3. The lowest BCUT2D eigenvalue weighted by molar-refractivity contribution is 0.462. The number of nitrogens with zero attached hydrogens (tertiary/aromatic N) is 4. The van der Waals surface area contributed by atoms with Crippen molar-refractivity contribution in [3.63, 3.8) is 0 Å². The van der Waals surface area contributed by atoms with Crippen LogP contribution in [0.4, 0.5) is 5.82 Å². The Morgan fingerprint density at radius 3 is 2.83 bits per heavy atom. The summed E-state index contributed by atoms with van der Waals surface area (Å²) < 4.78 is 3.94. The van der Waals surface area contributed by atoms with E-state index in [1.54, 1.807) is 0 Å². The number of aryl methyl sites for hydroxylation is 2. The fourth-order valence-electron chi connectivity index (χ4n) is 1.88. The van der Waals surface area contributed by atoms with Gasteiger partial charge in [-0.1, -0.05) is 6.92 Å². The summed E-state index contributed by atoms with van der Waals surface area (Å²) in [4.78, 5) is 0. The first-order valence-corrected chi connectivity index (χ1v) is 6.38. The van der Waals surface area contributed by atoms with E-state index in [-0.39, 0.29) is 0 Å². The maximum atomic E-state index is 4.38. The van der Waals surface area contributed by atoms with Gasteiger partial charge in [-0.3, -0.25) is 9.36 Å². The zero-order chi connectivity index (χ0) is 13.1. The summed E-state index contributed by atoms with van der Waals surface area (Å²) in [7, 11) is 1.95. The van der Waals surface area contributed by atoms with Gasteiger partial charge in [0.2, 0.25) is 0 Å². The van der Waals surface area contributed by atoms with Crippen LogP contribution in [0.3, 0.4) is 0 Å². The maximum Gasteiger partial charge on any atom is 0.148 e. The van der Waals surface area contributed by atoms with Gasteiger partial charge in [-0.05, 0) is 26.3 Å². The first kappa shape index (κ1) is 12.7. The molecule has 0 radical (unpaired) electrons. The second kappa shape index (κ2) is 5.25. The van der Waals surface area contributed by atoms with Crippen LogP contribution in [0.15, 0.2) is 18.3 Å². The highest BCUT2D eigenvalue weighted by atomic mass is 15.3. The van der Waals surface area contributed by atoms with Crippen LogP contribution in [-0.2, 0) is 13.6 Å². The van der Waals surface area contributed by atoms with Crippen molar-refractivity contribution in [1.29, 1.82) is 0 Å². The summed E-state index contributed by atoms with van der Waals surface area (Å²) in [6.45, 7) is 7.15. The molecule has 0 fully saturated rings. The first-order valence-electron chi connectivity index (χ1n) is 6.38. The Hall–Kier alpha value is -1.78. The molecular formula is C13H21N5. The number of anilines is 1. The van der Waals surface area contributed by atoms with Crippen molar-refractivity contribution >= 4 is 5.82 Å². The molecule has 0 spiro atoms. The first-order chi connectivity index (χ1) is 8.61. The van der Waals surface area contributed by atoms with Gasteiger partial charge in [0.15, 0.2) is 0 Å². The van der Waals surface area contributed by atoms with Crippen LogP contribution >= 0.6 is 0 Å². The molecule has 0 amide bonds. The van der Waals surface area contributed by atoms with Gasteiger partial charge in [-0.2, -0.15) is 10.2 Å². The van der Waals surface area contributed by atoms with Gasteiger partial charge >= 0.3 is 0 Å². The molecule has 2 aromatic rings. The van der Waals surface area contributed by atoms with Crippen LogP contribution in [0.2, 0.25) is 0 Å². The van der Waals surface area contributed by atoms with E-state index in [4.69, 9.17) is 0 Å². The average molecular weight is 247 g/mol. The van der Waals surface area contributed by atoms with Crippen molar-refractivity contribution in [2.24, 2.45) is 7.05 Å². The molecule has 2 aromatic heterocycles. The van der Waals surface area contributed by atoms with Gasteiger partial charge in [-0.15, -0.1) is 0 Å². The third kappa shape index (κ3) is 2.55. The Bertz CT molecular complexity index is 492. The molecule has 0 aliphatic heterocycles. The summed E-state index contributed by atoms with van der Waals surface area (Å²) in [6, 6.07) is 4.53. The lowest BCUT2D eigenvalue weighted by Crippen LogP contribution is -2.12. The molecule has 18 heavy (non-hydrogen) atoms. The molecule has 1 unspecified atom stereocenters. The van der Waals surface area contributed by atoms with E-state index in [0.29, 0.717) is 6.04 Å². The highest BCUT2D eigenvalue weighted by molar-refractivity contribution is 5.35. The molecule has 2 heterocycles. The van der Waals surface area contributed by atoms with E-state index in [1.807, 2.05) is 30.9 Å². The van der Waals surface area contributed by atoms with Gasteiger partial charge < -0.3 is 5.32 Å². The Kier molecular flexibility index (Phi) is 3.69. The van der Waals surface area contributed by atoms with Gasteiger partial charge in [0.05, 0.1) is 12.2 Å². The summed E-state index contributed by atoms with van der Waals surface area (Å²) in [5.41, 5.74) is 2.33. The molecule has 1 atom stereocenters. The van der Waals surface area contributed by atoms with Gasteiger partial charge in [0, 0.05) is 31.0 Å². The number of rotatable bonds is 5. The molecule has 0 saturated heterocycles. The van der Waals surface area contributed by atoms with Crippen LogP contribution < -0.4 is 5.32 Å². The van der Waals surface area contributed by atoms with Crippen LogP contribution in [-0.4, -0.2) is 19.6 Å². The normalized spacial score (nSPS) is 12.7. The molecule has 0 aliphatic carbocycles. The second-order valence-electron chi connectivity index (χ2n) is 4.67. The zero-order valence-electron chi connectivity index (χ0n) is 11.5. The minimum atomic E-state index is 0.433. The monoisotopic (exact) mass is 247 g/mol. The molecular weight excluding hydrogens is 226 g/mol. The largest absolute Gasteiger partial charge is 0.363 e. The third-order valence-corrected chi connectivity index (χ3v) is 3.32. The van der Waals surface area contributed by atoms with Crippen LogP contribution in [0.1, 0.15) is 37.7 Å². The Balaban J connectivity index is 2.04. The summed E-state index contributed by atoms with van der Waals surface area (Å²) >= 11 is 0. The molecule has 0 aliphatic rings. The van der Waals surface area contributed by atoms with E-state index in [0.717, 1.165) is 24.5 Å². The average Bonchev–Trinajstić information content (AvgIpc) is 2.93. The molecule has 0 aromatic carbocycles.